The van der Waals surface area contributed by atoms with Gasteiger partial charge in [0.05, 0.1) is 5.92 Å². The van der Waals surface area contributed by atoms with E-state index in [1.165, 1.54) is 16.5 Å². The fourth-order valence-electron chi connectivity index (χ4n) is 2.93. The second-order valence-electron chi connectivity index (χ2n) is 4.97. The van der Waals surface area contributed by atoms with Crippen molar-refractivity contribution in [2.24, 2.45) is 0 Å². The van der Waals surface area contributed by atoms with Crippen molar-refractivity contribution in [2.45, 2.75) is 46.0 Å². The van der Waals surface area contributed by atoms with Gasteiger partial charge in [0, 0.05) is 23.6 Å². The fraction of sp³-hybridized carbons (Fsp3) is 0.471. The number of amides is 1. The second-order valence-corrected chi connectivity index (χ2v) is 4.97. The Labute approximate surface area is 120 Å². The highest BCUT2D eigenvalue weighted by Gasteiger charge is 2.24. The molecule has 0 saturated heterocycles. The molecule has 0 fully saturated rings. The highest BCUT2D eigenvalue weighted by Crippen LogP contribution is 2.32. The standard InChI is InChI=1S/C15H18N2O.C2H6/c1-2-4-12-11-5-3-6-13-14(11)10(9-17-13)7-8-16-15(12)18;1-2/h3,5-6,9,12,17H,2,4,7-8H2,1H3,(H,16,18);1-2H3. The van der Waals surface area contributed by atoms with Gasteiger partial charge in [-0.15, -0.1) is 0 Å². The summed E-state index contributed by atoms with van der Waals surface area (Å²) in [6.07, 6.45) is 4.92. The van der Waals surface area contributed by atoms with Gasteiger partial charge in [-0.2, -0.15) is 0 Å². The van der Waals surface area contributed by atoms with Crippen LogP contribution in [0.25, 0.3) is 10.9 Å². The van der Waals surface area contributed by atoms with E-state index in [1.807, 2.05) is 19.9 Å². The van der Waals surface area contributed by atoms with E-state index >= 15 is 0 Å². The van der Waals surface area contributed by atoms with Crippen molar-refractivity contribution in [3.8, 4) is 0 Å². The van der Waals surface area contributed by atoms with Crippen LogP contribution in [0.1, 0.15) is 50.7 Å². The van der Waals surface area contributed by atoms with Crippen LogP contribution < -0.4 is 5.32 Å². The third kappa shape index (κ3) is 2.58. The molecule has 0 radical (unpaired) electrons. The molecule has 2 N–H and O–H groups in total. The van der Waals surface area contributed by atoms with Crippen molar-refractivity contribution >= 4 is 16.8 Å². The first-order chi connectivity index (χ1) is 9.81. The molecule has 0 aliphatic carbocycles. The van der Waals surface area contributed by atoms with E-state index in [0.717, 1.165) is 31.3 Å². The summed E-state index contributed by atoms with van der Waals surface area (Å²) in [7, 11) is 0. The van der Waals surface area contributed by atoms with Crippen LogP contribution in [0.15, 0.2) is 24.4 Å². The van der Waals surface area contributed by atoms with E-state index in [1.54, 1.807) is 0 Å². The lowest BCUT2D eigenvalue weighted by Gasteiger charge is -2.20. The first-order valence-corrected chi connectivity index (χ1v) is 7.68. The lowest BCUT2D eigenvalue weighted by molar-refractivity contribution is -0.122. The van der Waals surface area contributed by atoms with Gasteiger partial charge in [0.1, 0.15) is 0 Å². The smallest absolute Gasteiger partial charge is 0.227 e. The summed E-state index contributed by atoms with van der Waals surface area (Å²) < 4.78 is 0. The normalized spacial score (nSPS) is 17.8. The Balaban J connectivity index is 0.000000704. The van der Waals surface area contributed by atoms with Crippen LogP contribution in [-0.4, -0.2) is 17.4 Å². The minimum Gasteiger partial charge on any atom is -0.361 e. The van der Waals surface area contributed by atoms with Crippen molar-refractivity contribution in [2.75, 3.05) is 6.54 Å². The highest BCUT2D eigenvalue weighted by atomic mass is 16.1. The number of rotatable bonds is 2. The lowest BCUT2D eigenvalue weighted by Crippen LogP contribution is -2.32. The third-order valence-corrected chi connectivity index (χ3v) is 3.78. The van der Waals surface area contributed by atoms with Crippen LogP contribution in [0.2, 0.25) is 0 Å². The molecule has 1 amide bonds. The van der Waals surface area contributed by atoms with Gasteiger partial charge in [0.15, 0.2) is 0 Å². The van der Waals surface area contributed by atoms with E-state index in [2.05, 4.69) is 35.6 Å². The van der Waals surface area contributed by atoms with Gasteiger partial charge in [-0.25, -0.2) is 0 Å². The summed E-state index contributed by atoms with van der Waals surface area (Å²) in [6.45, 7) is 6.87. The Hall–Kier alpha value is -1.77. The molecule has 0 spiro atoms. The fourth-order valence-corrected chi connectivity index (χ4v) is 2.93. The molecule has 108 valence electrons. The molecule has 20 heavy (non-hydrogen) atoms. The van der Waals surface area contributed by atoms with Crippen LogP contribution >= 0.6 is 0 Å². The Morgan fingerprint density at radius 2 is 2.10 bits per heavy atom. The number of benzene rings is 1. The predicted octanol–water partition coefficient (Wildman–Crippen LogP) is 3.75. The molecule has 0 saturated carbocycles. The van der Waals surface area contributed by atoms with Crippen LogP contribution in [0.4, 0.5) is 0 Å². The van der Waals surface area contributed by atoms with Crippen LogP contribution in [0.5, 0.6) is 0 Å². The first-order valence-electron chi connectivity index (χ1n) is 7.68. The zero-order valence-electron chi connectivity index (χ0n) is 12.6. The molecule has 1 aliphatic rings. The molecule has 1 aliphatic heterocycles. The molecule has 3 rings (SSSR count). The van der Waals surface area contributed by atoms with E-state index in [4.69, 9.17) is 0 Å². The Morgan fingerprint density at radius 3 is 2.85 bits per heavy atom. The zero-order valence-corrected chi connectivity index (χ0v) is 12.6. The van der Waals surface area contributed by atoms with Gasteiger partial charge in [0.25, 0.3) is 0 Å². The number of H-pyrrole nitrogens is 1. The molecular formula is C17H24N2O. The summed E-state index contributed by atoms with van der Waals surface area (Å²) >= 11 is 0. The molecule has 3 nitrogen and oxygen atoms in total. The molecule has 1 aromatic carbocycles. The SMILES string of the molecule is CC.CCCC1C(=O)NCCc2c[nH]c3cccc1c23. The summed E-state index contributed by atoms with van der Waals surface area (Å²) in [6, 6.07) is 6.23. The Bertz CT molecular complexity index is 586. The zero-order chi connectivity index (χ0) is 14.5. The molecule has 0 bridgehead atoms. The van der Waals surface area contributed by atoms with E-state index in [-0.39, 0.29) is 11.8 Å². The van der Waals surface area contributed by atoms with Gasteiger partial charge < -0.3 is 10.3 Å². The first kappa shape index (κ1) is 14.6. The van der Waals surface area contributed by atoms with Crippen LogP contribution in [0.3, 0.4) is 0 Å². The molecule has 3 heteroatoms. The summed E-state index contributed by atoms with van der Waals surface area (Å²) in [5.74, 6) is 0.171. The largest absolute Gasteiger partial charge is 0.361 e. The number of aromatic amines is 1. The number of nitrogens with one attached hydrogen (secondary N) is 2. The number of aromatic nitrogens is 1. The maximum Gasteiger partial charge on any atom is 0.227 e. The van der Waals surface area contributed by atoms with Crippen molar-refractivity contribution < 1.29 is 4.79 Å². The van der Waals surface area contributed by atoms with E-state index in [9.17, 15) is 4.79 Å². The third-order valence-electron chi connectivity index (χ3n) is 3.78. The Kier molecular flexibility index (Phi) is 4.83. The number of hydrogen-bond donors (Lipinski definition) is 2. The van der Waals surface area contributed by atoms with Gasteiger partial charge >= 0.3 is 0 Å². The minimum absolute atomic E-state index is 0.00597. The van der Waals surface area contributed by atoms with Gasteiger partial charge in [-0.05, 0) is 30.0 Å². The number of carbonyl (C=O) groups excluding carboxylic acids is 1. The van der Waals surface area contributed by atoms with Crippen LogP contribution in [-0.2, 0) is 11.2 Å². The van der Waals surface area contributed by atoms with Crippen molar-refractivity contribution in [1.82, 2.24) is 10.3 Å². The summed E-state index contributed by atoms with van der Waals surface area (Å²) in [5.41, 5.74) is 3.66. The maximum absolute atomic E-state index is 12.2. The molecular weight excluding hydrogens is 248 g/mol. The number of carbonyl (C=O) groups is 1. The minimum atomic E-state index is -0.00597. The lowest BCUT2D eigenvalue weighted by atomic mass is 9.88. The van der Waals surface area contributed by atoms with Crippen molar-refractivity contribution in [3.63, 3.8) is 0 Å². The highest BCUT2D eigenvalue weighted by molar-refractivity contribution is 5.94. The van der Waals surface area contributed by atoms with Gasteiger partial charge in [0.2, 0.25) is 5.91 Å². The predicted molar refractivity (Wildman–Crippen MR) is 84.0 cm³/mol. The van der Waals surface area contributed by atoms with Crippen LogP contribution in [0, 0.1) is 0 Å². The quantitative estimate of drug-likeness (QED) is 0.859. The average Bonchev–Trinajstić information content (AvgIpc) is 2.89. The van der Waals surface area contributed by atoms with Crippen molar-refractivity contribution in [3.05, 3.63) is 35.5 Å². The molecule has 2 heterocycles. The number of hydrogen-bond acceptors (Lipinski definition) is 1. The molecule has 1 unspecified atom stereocenters. The summed E-state index contributed by atoms with van der Waals surface area (Å²) in [4.78, 5) is 15.5. The monoisotopic (exact) mass is 272 g/mol. The second kappa shape index (κ2) is 6.60. The summed E-state index contributed by atoms with van der Waals surface area (Å²) in [5, 5.41) is 4.31. The van der Waals surface area contributed by atoms with E-state index in [0.29, 0.717) is 0 Å². The van der Waals surface area contributed by atoms with Crippen molar-refractivity contribution in [1.29, 1.82) is 0 Å². The molecule has 2 aromatic rings. The Morgan fingerprint density at radius 1 is 1.30 bits per heavy atom. The topological polar surface area (TPSA) is 44.9 Å². The average molecular weight is 272 g/mol. The van der Waals surface area contributed by atoms with Gasteiger partial charge in [-0.1, -0.05) is 39.3 Å². The van der Waals surface area contributed by atoms with Gasteiger partial charge in [-0.3, -0.25) is 4.79 Å². The molecule has 1 aromatic heterocycles. The molecule has 1 atom stereocenters. The van der Waals surface area contributed by atoms with E-state index < -0.39 is 0 Å². The maximum atomic E-state index is 12.2.